The van der Waals surface area contributed by atoms with E-state index in [0.717, 1.165) is 30.4 Å². The first kappa shape index (κ1) is 14.6. The summed E-state index contributed by atoms with van der Waals surface area (Å²) in [5.41, 5.74) is 7.67. The third-order valence-electron chi connectivity index (χ3n) is 4.32. The van der Waals surface area contributed by atoms with Crippen LogP contribution in [0, 0.1) is 11.8 Å². The molecule has 1 fully saturated rings. The van der Waals surface area contributed by atoms with Crippen LogP contribution in [-0.2, 0) is 11.3 Å². The minimum absolute atomic E-state index is 0.0728. The number of carbonyl (C=O) groups excluding carboxylic acids is 1. The lowest BCUT2D eigenvalue weighted by Crippen LogP contribution is -2.34. The molecule has 7 nitrogen and oxygen atoms in total. The average molecular weight is 300 g/mol. The van der Waals surface area contributed by atoms with E-state index in [9.17, 15) is 4.79 Å². The molecule has 22 heavy (non-hydrogen) atoms. The van der Waals surface area contributed by atoms with Gasteiger partial charge in [0.25, 0.3) is 0 Å². The van der Waals surface area contributed by atoms with Crippen LogP contribution >= 0.6 is 0 Å². The number of tetrazole rings is 1. The van der Waals surface area contributed by atoms with Crippen LogP contribution in [0.25, 0.3) is 11.4 Å². The summed E-state index contributed by atoms with van der Waals surface area (Å²) in [6, 6.07) is 7.76. The number of H-pyrrole nitrogens is 1. The fourth-order valence-electron chi connectivity index (χ4n) is 3.04. The van der Waals surface area contributed by atoms with Crippen LogP contribution in [0.1, 0.15) is 24.8 Å². The molecule has 116 valence electrons. The zero-order chi connectivity index (χ0) is 15.4. The van der Waals surface area contributed by atoms with E-state index in [-0.39, 0.29) is 11.8 Å². The van der Waals surface area contributed by atoms with Crippen LogP contribution in [0.5, 0.6) is 0 Å². The smallest absolute Gasteiger partial charge is 0.223 e. The molecule has 1 saturated carbocycles. The zero-order valence-electron chi connectivity index (χ0n) is 12.3. The molecule has 3 rings (SSSR count). The molecule has 0 bridgehead atoms. The van der Waals surface area contributed by atoms with Crippen molar-refractivity contribution in [2.75, 3.05) is 6.54 Å². The number of aromatic nitrogens is 4. The van der Waals surface area contributed by atoms with E-state index in [1.54, 1.807) is 0 Å². The fraction of sp³-hybridized carbons (Fsp3) is 0.467. The van der Waals surface area contributed by atoms with Gasteiger partial charge in [-0.25, -0.2) is 0 Å². The molecule has 0 spiro atoms. The SMILES string of the molecule is NC[C@H]1CCC[C@H]1C(=O)NCc1ccc(-c2nn[nH]n2)cc1. The van der Waals surface area contributed by atoms with Gasteiger partial charge in [-0.1, -0.05) is 30.7 Å². The van der Waals surface area contributed by atoms with Crippen molar-refractivity contribution in [2.24, 2.45) is 17.6 Å². The first-order valence-corrected chi connectivity index (χ1v) is 7.58. The van der Waals surface area contributed by atoms with Crippen LogP contribution in [0.3, 0.4) is 0 Å². The summed E-state index contributed by atoms with van der Waals surface area (Å²) in [7, 11) is 0. The zero-order valence-corrected chi connectivity index (χ0v) is 12.3. The Morgan fingerprint density at radius 3 is 2.82 bits per heavy atom. The Morgan fingerprint density at radius 2 is 2.14 bits per heavy atom. The van der Waals surface area contributed by atoms with Gasteiger partial charge in [0, 0.05) is 18.0 Å². The molecule has 7 heteroatoms. The molecule has 1 aromatic heterocycles. The van der Waals surface area contributed by atoms with Crippen molar-refractivity contribution in [1.82, 2.24) is 25.9 Å². The highest BCUT2D eigenvalue weighted by Gasteiger charge is 2.31. The van der Waals surface area contributed by atoms with Crippen LogP contribution in [0.4, 0.5) is 0 Å². The Hall–Kier alpha value is -2.28. The lowest BCUT2D eigenvalue weighted by Gasteiger charge is -2.17. The van der Waals surface area contributed by atoms with Crippen molar-refractivity contribution in [2.45, 2.75) is 25.8 Å². The van der Waals surface area contributed by atoms with E-state index in [1.807, 2.05) is 24.3 Å². The Morgan fingerprint density at radius 1 is 1.32 bits per heavy atom. The normalized spacial score (nSPS) is 21.0. The standard InChI is InChI=1S/C15H20N6O/c16-8-12-2-1-3-13(12)15(22)17-9-10-4-6-11(7-5-10)14-18-20-21-19-14/h4-7,12-13H,1-3,8-9,16H2,(H,17,22)(H,18,19,20,21)/t12-,13-/m1/s1. The summed E-state index contributed by atoms with van der Waals surface area (Å²) in [5, 5.41) is 16.8. The van der Waals surface area contributed by atoms with Gasteiger partial charge < -0.3 is 11.1 Å². The second kappa shape index (κ2) is 6.65. The Balaban J connectivity index is 1.56. The Bertz CT molecular complexity index is 609. The van der Waals surface area contributed by atoms with Crippen molar-refractivity contribution >= 4 is 5.91 Å². The average Bonchev–Trinajstić information content (AvgIpc) is 3.24. The third kappa shape index (κ3) is 3.14. The highest BCUT2D eigenvalue weighted by molar-refractivity contribution is 5.79. The van der Waals surface area contributed by atoms with E-state index in [0.29, 0.717) is 24.8 Å². The van der Waals surface area contributed by atoms with Crippen LogP contribution in [0.2, 0.25) is 0 Å². The van der Waals surface area contributed by atoms with Gasteiger partial charge in [-0.2, -0.15) is 5.21 Å². The molecular weight excluding hydrogens is 280 g/mol. The lowest BCUT2D eigenvalue weighted by molar-refractivity contribution is -0.126. The summed E-state index contributed by atoms with van der Waals surface area (Å²) >= 11 is 0. The molecule has 0 saturated heterocycles. The van der Waals surface area contributed by atoms with E-state index in [1.165, 1.54) is 0 Å². The molecule has 2 atom stereocenters. The first-order valence-electron chi connectivity index (χ1n) is 7.58. The molecule has 2 aromatic rings. The fourth-order valence-corrected chi connectivity index (χ4v) is 3.04. The number of nitrogens with one attached hydrogen (secondary N) is 2. The number of amides is 1. The van der Waals surface area contributed by atoms with Gasteiger partial charge in [0.1, 0.15) is 0 Å². The van der Waals surface area contributed by atoms with E-state index in [2.05, 4.69) is 25.9 Å². The highest BCUT2D eigenvalue weighted by atomic mass is 16.1. The van der Waals surface area contributed by atoms with Gasteiger partial charge in [0.05, 0.1) is 0 Å². The summed E-state index contributed by atoms with van der Waals surface area (Å²) < 4.78 is 0. The minimum atomic E-state index is 0.0728. The van der Waals surface area contributed by atoms with Gasteiger partial charge in [0.15, 0.2) is 0 Å². The van der Waals surface area contributed by atoms with Gasteiger partial charge in [-0.15, -0.1) is 10.2 Å². The van der Waals surface area contributed by atoms with Crippen molar-refractivity contribution in [1.29, 1.82) is 0 Å². The number of hydrogen-bond acceptors (Lipinski definition) is 5. The lowest BCUT2D eigenvalue weighted by atomic mass is 9.95. The number of nitrogens with zero attached hydrogens (tertiary/aromatic N) is 3. The van der Waals surface area contributed by atoms with Gasteiger partial charge in [-0.3, -0.25) is 4.79 Å². The Kier molecular flexibility index (Phi) is 4.43. The monoisotopic (exact) mass is 300 g/mol. The summed E-state index contributed by atoms with van der Waals surface area (Å²) in [5.74, 6) is 1.09. The number of benzene rings is 1. The summed E-state index contributed by atoms with van der Waals surface area (Å²) in [4.78, 5) is 12.2. The van der Waals surface area contributed by atoms with Gasteiger partial charge in [0.2, 0.25) is 11.7 Å². The van der Waals surface area contributed by atoms with Crippen molar-refractivity contribution in [3.8, 4) is 11.4 Å². The maximum absolute atomic E-state index is 12.2. The van der Waals surface area contributed by atoms with Gasteiger partial charge >= 0.3 is 0 Å². The molecule has 1 aromatic carbocycles. The molecule has 1 aliphatic carbocycles. The van der Waals surface area contributed by atoms with Crippen LogP contribution < -0.4 is 11.1 Å². The van der Waals surface area contributed by atoms with Crippen molar-refractivity contribution in [3.63, 3.8) is 0 Å². The second-order valence-corrected chi connectivity index (χ2v) is 5.68. The Labute approximate surface area is 128 Å². The molecule has 4 N–H and O–H groups in total. The summed E-state index contributed by atoms with van der Waals surface area (Å²) in [6.45, 7) is 1.12. The van der Waals surface area contributed by atoms with E-state index >= 15 is 0 Å². The predicted octanol–water partition coefficient (Wildman–Crippen LogP) is 0.858. The number of aromatic amines is 1. The number of nitrogens with two attached hydrogens (primary N) is 1. The number of carbonyl (C=O) groups is 1. The topological polar surface area (TPSA) is 110 Å². The minimum Gasteiger partial charge on any atom is -0.352 e. The second-order valence-electron chi connectivity index (χ2n) is 5.68. The van der Waals surface area contributed by atoms with Crippen molar-refractivity contribution < 1.29 is 4.79 Å². The quantitative estimate of drug-likeness (QED) is 0.758. The van der Waals surface area contributed by atoms with Gasteiger partial charge in [-0.05, 0) is 36.1 Å². The van der Waals surface area contributed by atoms with E-state index < -0.39 is 0 Å². The molecule has 1 amide bonds. The number of rotatable bonds is 5. The summed E-state index contributed by atoms with van der Waals surface area (Å²) in [6.07, 6.45) is 3.11. The van der Waals surface area contributed by atoms with Crippen LogP contribution in [-0.4, -0.2) is 33.1 Å². The molecule has 0 unspecified atom stereocenters. The molecule has 1 heterocycles. The molecular formula is C15H20N6O. The molecule has 0 radical (unpaired) electrons. The van der Waals surface area contributed by atoms with E-state index in [4.69, 9.17) is 5.73 Å². The molecule has 1 aliphatic rings. The van der Waals surface area contributed by atoms with Crippen molar-refractivity contribution in [3.05, 3.63) is 29.8 Å². The van der Waals surface area contributed by atoms with Crippen LogP contribution in [0.15, 0.2) is 24.3 Å². The maximum Gasteiger partial charge on any atom is 0.223 e. The third-order valence-corrected chi connectivity index (χ3v) is 4.32. The number of hydrogen-bond donors (Lipinski definition) is 3. The first-order chi connectivity index (χ1) is 10.8. The molecule has 0 aliphatic heterocycles. The predicted molar refractivity (Wildman–Crippen MR) is 81.3 cm³/mol. The maximum atomic E-state index is 12.2. The largest absolute Gasteiger partial charge is 0.352 e. The highest BCUT2D eigenvalue weighted by Crippen LogP contribution is 2.31.